The molecule has 19 heavy (non-hydrogen) atoms. The second-order valence-corrected chi connectivity index (χ2v) is 5.55. The monoisotopic (exact) mass is 296 g/mol. The van der Waals surface area contributed by atoms with E-state index >= 15 is 0 Å². The number of aliphatic hydroxyl groups is 2. The summed E-state index contributed by atoms with van der Waals surface area (Å²) in [7, 11) is 0. The van der Waals surface area contributed by atoms with Crippen molar-refractivity contribution in [1.29, 1.82) is 0 Å². The Morgan fingerprint density at radius 1 is 1.26 bits per heavy atom. The van der Waals surface area contributed by atoms with E-state index in [1.54, 1.807) is 12.1 Å². The largest absolute Gasteiger partial charge is 0.390 e. The molecule has 0 fully saturated rings. The number of benzene rings is 1. The van der Waals surface area contributed by atoms with Crippen LogP contribution in [-0.2, 0) is 0 Å². The van der Waals surface area contributed by atoms with Crippen molar-refractivity contribution in [2.24, 2.45) is 0 Å². The third-order valence-corrected chi connectivity index (χ3v) is 3.79. The number of nitrogens with zero attached hydrogens (tertiary/aromatic N) is 1. The smallest absolute Gasteiger partial charge is 0.180 e. The Kier molecular flexibility index (Phi) is 4.81. The minimum Gasteiger partial charge on any atom is -0.390 e. The number of hydrogen-bond acceptors (Lipinski definition) is 6. The van der Waals surface area contributed by atoms with Gasteiger partial charge in [-0.15, -0.1) is 11.3 Å². The minimum atomic E-state index is -0.887. The first-order valence-electron chi connectivity index (χ1n) is 5.90. The molecule has 4 nitrogen and oxygen atoms in total. The van der Waals surface area contributed by atoms with Crippen molar-refractivity contribution in [1.82, 2.24) is 4.98 Å². The fraction of sp³-hybridized carbons (Fsp3) is 0.308. The van der Waals surface area contributed by atoms with Crippen LogP contribution in [0.5, 0.6) is 0 Å². The van der Waals surface area contributed by atoms with Gasteiger partial charge in [0.15, 0.2) is 5.13 Å². The molecule has 1 aromatic heterocycles. The molecule has 0 aliphatic rings. The zero-order valence-electron chi connectivity index (χ0n) is 10.2. The molecule has 0 aliphatic carbocycles. The van der Waals surface area contributed by atoms with E-state index in [0.29, 0.717) is 22.9 Å². The number of nitrogens with two attached hydrogens (primary N) is 1. The van der Waals surface area contributed by atoms with Crippen LogP contribution in [0.15, 0.2) is 29.6 Å². The molecule has 0 saturated carbocycles. The van der Waals surface area contributed by atoms with Crippen molar-refractivity contribution >= 4 is 29.1 Å². The molecule has 0 spiro atoms. The van der Waals surface area contributed by atoms with E-state index in [2.05, 4.69) is 17.6 Å². The van der Waals surface area contributed by atoms with Crippen LogP contribution in [0.1, 0.15) is 18.1 Å². The maximum Gasteiger partial charge on any atom is 0.180 e. The standard InChI is InChI=1S/C13H16N2O2S2/c14-13-15-10(7-19-13)8-1-3-9(4-2-8)12(17)11(16)5-6-18/h1-4,7,11-12,16-18H,5-6H2,(H2,14,15). The summed E-state index contributed by atoms with van der Waals surface area (Å²) in [5.41, 5.74) is 8.03. The second-order valence-electron chi connectivity index (χ2n) is 4.22. The van der Waals surface area contributed by atoms with E-state index in [4.69, 9.17) is 5.73 Å². The fourth-order valence-corrected chi connectivity index (χ4v) is 2.62. The predicted molar refractivity (Wildman–Crippen MR) is 81.4 cm³/mol. The molecule has 0 aliphatic heterocycles. The highest BCUT2D eigenvalue weighted by Gasteiger charge is 2.17. The molecule has 4 N–H and O–H groups in total. The van der Waals surface area contributed by atoms with Gasteiger partial charge in [0, 0.05) is 10.9 Å². The van der Waals surface area contributed by atoms with Crippen LogP contribution in [0.2, 0.25) is 0 Å². The van der Waals surface area contributed by atoms with Crippen LogP contribution in [0.4, 0.5) is 5.13 Å². The average Bonchev–Trinajstić information content (AvgIpc) is 2.85. The molecule has 1 aromatic carbocycles. The van der Waals surface area contributed by atoms with Gasteiger partial charge in [0.05, 0.1) is 11.8 Å². The number of thiol groups is 1. The molecule has 0 radical (unpaired) electrons. The Morgan fingerprint density at radius 3 is 2.47 bits per heavy atom. The Balaban J connectivity index is 2.14. The van der Waals surface area contributed by atoms with Gasteiger partial charge in [0.25, 0.3) is 0 Å². The summed E-state index contributed by atoms with van der Waals surface area (Å²) in [5, 5.41) is 22.1. The summed E-state index contributed by atoms with van der Waals surface area (Å²) in [6.45, 7) is 0. The number of rotatable bonds is 5. The molecule has 0 amide bonds. The molecular weight excluding hydrogens is 280 g/mol. The van der Waals surface area contributed by atoms with Gasteiger partial charge < -0.3 is 15.9 Å². The van der Waals surface area contributed by atoms with Crippen molar-refractivity contribution in [3.8, 4) is 11.3 Å². The van der Waals surface area contributed by atoms with Gasteiger partial charge in [-0.1, -0.05) is 24.3 Å². The van der Waals surface area contributed by atoms with E-state index in [1.165, 1.54) is 11.3 Å². The summed E-state index contributed by atoms with van der Waals surface area (Å²) in [6, 6.07) is 7.30. The van der Waals surface area contributed by atoms with Gasteiger partial charge in [-0.3, -0.25) is 0 Å². The van der Waals surface area contributed by atoms with Crippen LogP contribution >= 0.6 is 24.0 Å². The minimum absolute atomic E-state index is 0.453. The molecule has 6 heteroatoms. The number of aromatic nitrogens is 1. The molecule has 2 atom stereocenters. The fourth-order valence-electron chi connectivity index (χ4n) is 1.78. The van der Waals surface area contributed by atoms with Crippen LogP contribution in [0, 0.1) is 0 Å². The lowest BCUT2D eigenvalue weighted by Crippen LogP contribution is -2.18. The van der Waals surface area contributed by atoms with Crippen molar-refractivity contribution in [2.45, 2.75) is 18.6 Å². The lowest BCUT2D eigenvalue weighted by atomic mass is 10.0. The van der Waals surface area contributed by atoms with Crippen molar-refractivity contribution in [2.75, 3.05) is 11.5 Å². The SMILES string of the molecule is Nc1nc(-c2ccc(C(O)C(O)CCS)cc2)cs1. The first-order chi connectivity index (χ1) is 9.11. The molecule has 2 rings (SSSR count). The highest BCUT2D eigenvalue weighted by atomic mass is 32.1. The lowest BCUT2D eigenvalue weighted by Gasteiger charge is -2.17. The summed E-state index contributed by atoms with van der Waals surface area (Å²) >= 11 is 5.43. The number of thiazole rings is 1. The van der Waals surface area contributed by atoms with Gasteiger partial charge in [0.1, 0.15) is 6.10 Å². The molecule has 2 aromatic rings. The first kappa shape index (κ1) is 14.3. The van der Waals surface area contributed by atoms with E-state index in [9.17, 15) is 10.2 Å². The van der Waals surface area contributed by atoms with Gasteiger partial charge in [-0.05, 0) is 17.7 Å². The second kappa shape index (κ2) is 6.38. The van der Waals surface area contributed by atoms with Gasteiger partial charge >= 0.3 is 0 Å². The average molecular weight is 296 g/mol. The summed E-state index contributed by atoms with van der Waals surface area (Å²) < 4.78 is 0. The molecule has 0 bridgehead atoms. The Hall–Kier alpha value is -1.08. The van der Waals surface area contributed by atoms with Crippen molar-refractivity contribution < 1.29 is 10.2 Å². The Bertz CT molecular complexity index is 528. The van der Waals surface area contributed by atoms with E-state index in [-0.39, 0.29) is 0 Å². The molecular formula is C13H16N2O2S2. The van der Waals surface area contributed by atoms with E-state index in [0.717, 1.165) is 11.3 Å². The number of nitrogen functional groups attached to an aromatic ring is 1. The van der Waals surface area contributed by atoms with Crippen LogP contribution in [-0.4, -0.2) is 27.1 Å². The van der Waals surface area contributed by atoms with Gasteiger partial charge in [-0.2, -0.15) is 12.6 Å². The zero-order valence-corrected chi connectivity index (χ0v) is 11.9. The van der Waals surface area contributed by atoms with E-state index in [1.807, 2.05) is 17.5 Å². The molecule has 2 unspecified atom stereocenters. The van der Waals surface area contributed by atoms with Crippen LogP contribution < -0.4 is 5.73 Å². The quantitative estimate of drug-likeness (QED) is 0.637. The number of aliphatic hydroxyl groups excluding tert-OH is 2. The summed E-state index contributed by atoms with van der Waals surface area (Å²) in [6.07, 6.45) is -1.23. The third kappa shape index (κ3) is 3.48. The Morgan fingerprint density at radius 2 is 1.95 bits per heavy atom. The van der Waals surface area contributed by atoms with Crippen molar-refractivity contribution in [3.05, 3.63) is 35.2 Å². The highest BCUT2D eigenvalue weighted by molar-refractivity contribution is 7.80. The molecule has 0 saturated heterocycles. The predicted octanol–water partition coefficient (Wildman–Crippen LogP) is 2.11. The van der Waals surface area contributed by atoms with Gasteiger partial charge in [0.2, 0.25) is 0 Å². The summed E-state index contributed by atoms with van der Waals surface area (Å²) in [4.78, 5) is 4.19. The van der Waals surface area contributed by atoms with Crippen molar-refractivity contribution in [3.63, 3.8) is 0 Å². The van der Waals surface area contributed by atoms with Crippen LogP contribution in [0.3, 0.4) is 0 Å². The number of hydrogen-bond donors (Lipinski definition) is 4. The molecule has 1 heterocycles. The molecule has 102 valence electrons. The third-order valence-electron chi connectivity index (χ3n) is 2.86. The number of anilines is 1. The lowest BCUT2D eigenvalue weighted by molar-refractivity contribution is 0.0172. The first-order valence-corrected chi connectivity index (χ1v) is 7.41. The van der Waals surface area contributed by atoms with Crippen LogP contribution in [0.25, 0.3) is 11.3 Å². The Labute approximate surface area is 121 Å². The zero-order chi connectivity index (χ0) is 13.8. The topological polar surface area (TPSA) is 79.4 Å². The highest BCUT2D eigenvalue weighted by Crippen LogP contribution is 2.26. The van der Waals surface area contributed by atoms with Gasteiger partial charge in [-0.25, -0.2) is 4.98 Å². The normalized spacial score (nSPS) is 14.3. The maximum atomic E-state index is 9.97. The summed E-state index contributed by atoms with van der Waals surface area (Å²) in [5.74, 6) is 0.536. The maximum absolute atomic E-state index is 9.97. The van der Waals surface area contributed by atoms with E-state index < -0.39 is 12.2 Å².